The van der Waals surface area contributed by atoms with Gasteiger partial charge in [0.05, 0.1) is 15.8 Å². The molecule has 1 N–H and O–H groups in total. The van der Waals surface area contributed by atoms with Crippen LogP contribution in [0.5, 0.6) is 0 Å². The Hall–Kier alpha value is -0.560. The number of thiophene rings is 1. The lowest BCUT2D eigenvalue weighted by Gasteiger charge is -2.32. The summed E-state index contributed by atoms with van der Waals surface area (Å²) in [6.45, 7) is 0. The zero-order valence-corrected chi connectivity index (χ0v) is 11.9. The highest BCUT2D eigenvalue weighted by Crippen LogP contribution is 2.46. The van der Waals surface area contributed by atoms with Crippen LogP contribution < -0.4 is 0 Å². The molecule has 1 aromatic heterocycles. The molecule has 0 bridgehead atoms. The Kier molecular flexibility index (Phi) is 4.66. The number of aliphatic hydroxyl groups is 1. The van der Waals surface area contributed by atoms with Gasteiger partial charge in [0.15, 0.2) is 0 Å². The fraction of sp³-hybridized carbons (Fsp3) is 0.643. The van der Waals surface area contributed by atoms with Gasteiger partial charge in [-0.2, -0.15) is 5.26 Å². The molecular weight excluding hydrogens is 266 g/mol. The van der Waals surface area contributed by atoms with E-state index in [0.717, 1.165) is 30.6 Å². The third-order valence-corrected chi connectivity index (χ3v) is 5.14. The maximum Gasteiger partial charge on any atom is 0.107 e. The normalized spacial score (nSPS) is 21.6. The molecule has 98 valence electrons. The van der Waals surface area contributed by atoms with Crippen molar-refractivity contribution in [3.63, 3.8) is 0 Å². The average molecular weight is 284 g/mol. The number of aliphatic hydroxyl groups excluding tert-OH is 1. The van der Waals surface area contributed by atoms with E-state index in [1.165, 1.54) is 30.6 Å². The van der Waals surface area contributed by atoms with Crippen LogP contribution in [0.4, 0.5) is 0 Å². The molecule has 2 nitrogen and oxygen atoms in total. The monoisotopic (exact) mass is 283 g/mol. The van der Waals surface area contributed by atoms with E-state index in [-0.39, 0.29) is 0 Å². The highest BCUT2D eigenvalue weighted by Gasteiger charge is 2.39. The SMILES string of the molecule is N#CC1(C(O)c2ccc(Cl)s2)CCCCCCC1. The van der Waals surface area contributed by atoms with Crippen molar-refractivity contribution in [2.75, 3.05) is 0 Å². The second-order valence-electron chi connectivity index (χ2n) is 5.08. The first-order valence-electron chi connectivity index (χ1n) is 6.52. The van der Waals surface area contributed by atoms with Crippen LogP contribution in [0, 0.1) is 16.7 Å². The van der Waals surface area contributed by atoms with Crippen LogP contribution in [-0.4, -0.2) is 5.11 Å². The van der Waals surface area contributed by atoms with E-state index < -0.39 is 11.5 Å². The van der Waals surface area contributed by atoms with Gasteiger partial charge >= 0.3 is 0 Å². The Morgan fingerprint density at radius 1 is 1.22 bits per heavy atom. The lowest BCUT2D eigenvalue weighted by atomic mass is 9.73. The molecular formula is C14H18ClNOS. The van der Waals surface area contributed by atoms with Gasteiger partial charge in [0.1, 0.15) is 6.10 Å². The van der Waals surface area contributed by atoms with Gasteiger partial charge in [0, 0.05) is 4.88 Å². The van der Waals surface area contributed by atoms with Crippen LogP contribution in [0.2, 0.25) is 4.34 Å². The van der Waals surface area contributed by atoms with Gasteiger partial charge in [-0.05, 0) is 25.0 Å². The molecule has 1 aliphatic rings. The number of hydrogen-bond acceptors (Lipinski definition) is 3. The Bertz CT molecular complexity index is 429. The van der Waals surface area contributed by atoms with Crippen LogP contribution in [0.3, 0.4) is 0 Å². The molecule has 0 spiro atoms. The smallest absolute Gasteiger partial charge is 0.107 e. The predicted molar refractivity (Wildman–Crippen MR) is 74.7 cm³/mol. The molecule has 1 saturated carbocycles. The van der Waals surface area contributed by atoms with Crippen molar-refractivity contribution in [1.82, 2.24) is 0 Å². The fourth-order valence-electron chi connectivity index (χ4n) is 2.73. The molecule has 0 amide bonds. The van der Waals surface area contributed by atoms with Crippen LogP contribution in [-0.2, 0) is 0 Å². The standard InChI is InChI=1S/C14H18ClNOS/c15-12-7-6-11(18-12)13(17)14(10-16)8-4-2-1-3-5-9-14/h6-7,13,17H,1-5,8-9H2. The van der Waals surface area contributed by atoms with E-state index in [1.54, 1.807) is 6.07 Å². The third kappa shape index (κ3) is 2.88. The summed E-state index contributed by atoms with van der Waals surface area (Å²) < 4.78 is 0.669. The quantitative estimate of drug-likeness (QED) is 0.856. The molecule has 18 heavy (non-hydrogen) atoms. The number of nitrogens with zero attached hydrogens (tertiary/aromatic N) is 1. The highest BCUT2D eigenvalue weighted by molar-refractivity contribution is 7.16. The molecule has 2 rings (SSSR count). The average Bonchev–Trinajstić information content (AvgIpc) is 2.76. The minimum absolute atomic E-state index is 0.616. The van der Waals surface area contributed by atoms with E-state index in [2.05, 4.69) is 6.07 Å². The molecule has 0 aromatic carbocycles. The number of rotatable bonds is 2. The lowest BCUT2D eigenvalue weighted by Crippen LogP contribution is -2.28. The Morgan fingerprint density at radius 2 is 1.83 bits per heavy atom. The zero-order chi connectivity index (χ0) is 13.0. The maximum absolute atomic E-state index is 10.6. The minimum atomic E-state index is -0.696. The van der Waals surface area contributed by atoms with Crippen LogP contribution in [0.25, 0.3) is 0 Å². The third-order valence-electron chi connectivity index (χ3n) is 3.86. The van der Waals surface area contributed by atoms with Gasteiger partial charge in [-0.3, -0.25) is 0 Å². The van der Waals surface area contributed by atoms with Gasteiger partial charge in [0.2, 0.25) is 0 Å². The highest BCUT2D eigenvalue weighted by atomic mass is 35.5. The number of hydrogen-bond donors (Lipinski definition) is 1. The summed E-state index contributed by atoms with van der Waals surface area (Å²) >= 11 is 7.29. The summed E-state index contributed by atoms with van der Waals surface area (Å²) in [5.41, 5.74) is -0.616. The first-order chi connectivity index (χ1) is 8.68. The molecule has 0 saturated heterocycles. The van der Waals surface area contributed by atoms with Crippen molar-refractivity contribution in [3.05, 3.63) is 21.3 Å². The summed E-state index contributed by atoms with van der Waals surface area (Å²) in [5.74, 6) is 0. The molecule has 0 radical (unpaired) electrons. The van der Waals surface area contributed by atoms with Crippen molar-refractivity contribution < 1.29 is 5.11 Å². The van der Waals surface area contributed by atoms with Crippen LogP contribution >= 0.6 is 22.9 Å². The second-order valence-corrected chi connectivity index (χ2v) is 6.83. The van der Waals surface area contributed by atoms with Gasteiger partial charge in [-0.15, -0.1) is 11.3 Å². The van der Waals surface area contributed by atoms with E-state index >= 15 is 0 Å². The van der Waals surface area contributed by atoms with E-state index in [9.17, 15) is 10.4 Å². The number of nitriles is 1. The molecule has 1 unspecified atom stereocenters. The first-order valence-corrected chi connectivity index (χ1v) is 7.72. The van der Waals surface area contributed by atoms with Crippen LogP contribution in [0.15, 0.2) is 12.1 Å². The summed E-state index contributed by atoms with van der Waals surface area (Å²) in [6, 6.07) is 6.04. The first kappa shape index (κ1) is 13.9. The summed E-state index contributed by atoms with van der Waals surface area (Å²) in [4.78, 5) is 0.821. The largest absolute Gasteiger partial charge is 0.386 e. The summed E-state index contributed by atoms with van der Waals surface area (Å²) in [5, 5.41) is 20.1. The Morgan fingerprint density at radius 3 is 2.33 bits per heavy atom. The topological polar surface area (TPSA) is 44.0 Å². The molecule has 1 atom stereocenters. The molecule has 1 fully saturated rings. The maximum atomic E-state index is 10.6. The second kappa shape index (κ2) is 6.06. The number of halogens is 1. The summed E-state index contributed by atoms with van der Waals surface area (Å²) in [7, 11) is 0. The van der Waals surface area contributed by atoms with Gasteiger partial charge in [-0.1, -0.05) is 43.7 Å². The minimum Gasteiger partial charge on any atom is -0.386 e. The molecule has 1 heterocycles. The van der Waals surface area contributed by atoms with Gasteiger partial charge < -0.3 is 5.11 Å². The van der Waals surface area contributed by atoms with Crippen molar-refractivity contribution in [2.45, 2.75) is 51.0 Å². The predicted octanol–water partition coefficient (Wildman–Crippen LogP) is 4.69. The van der Waals surface area contributed by atoms with E-state index in [4.69, 9.17) is 11.6 Å². The van der Waals surface area contributed by atoms with Gasteiger partial charge in [-0.25, -0.2) is 0 Å². The van der Waals surface area contributed by atoms with Gasteiger partial charge in [0.25, 0.3) is 0 Å². The Labute approximate surface area is 117 Å². The molecule has 1 aromatic rings. The van der Waals surface area contributed by atoms with Crippen LogP contribution in [0.1, 0.15) is 55.9 Å². The van der Waals surface area contributed by atoms with Crippen molar-refractivity contribution in [1.29, 1.82) is 5.26 Å². The molecule has 0 aliphatic heterocycles. The fourth-order valence-corrected chi connectivity index (χ4v) is 3.89. The lowest BCUT2D eigenvalue weighted by molar-refractivity contribution is 0.0463. The van der Waals surface area contributed by atoms with Crippen molar-refractivity contribution in [2.24, 2.45) is 5.41 Å². The van der Waals surface area contributed by atoms with Crippen molar-refractivity contribution >= 4 is 22.9 Å². The zero-order valence-electron chi connectivity index (χ0n) is 10.4. The molecule has 1 aliphatic carbocycles. The molecule has 4 heteroatoms. The van der Waals surface area contributed by atoms with E-state index in [1.807, 2.05) is 6.07 Å². The van der Waals surface area contributed by atoms with Crippen molar-refractivity contribution in [3.8, 4) is 6.07 Å². The Balaban J connectivity index is 2.21. The van der Waals surface area contributed by atoms with E-state index in [0.29, 0.717) is 4.34 Å². The summed E-state index contributed by atoms with van der Waals surface area (Å²) in [6.07, 6.45) is 6.54.